The van der Waals surface area contributed by atoms with E-state index in [0.717, 1.165) is 0 Å². The third kappa shape index (κ3) is 4.60. The molecule has 0 saturated heterocycles. The van der Waals surface area contributed by atoms with Crippen molar-refractivity contribution < 1.29 is 13.6 Å². The summed E-state index contributed by atoms with van der Waals surface area (Å²) in [4.78, 5) is 0. The van der Waals surface area contributed by atoms with E-state index in [4.69, 9.17) is 37.0 Å². The van der Waals surface area contributed by atoms with Crippen molar-refractivity contribution in [3.8, 4) is 5.75 Å². The molecule has 0 saturated carbocycles. The van der Waals surface area contributed by atoms with Crippen LogP contribution in [0.2, 0.25) is 5.02 Å². The van der Waals surface area contributed by atoms with Crippen molar-refractivity contribution in [1.82, 2.24) is 0 Å². The number of hydrogen-bond donors (Lipinski definition) is 0. The Morgan fingerprint density at radius 2 is 1.59 bits per heavy atom. The molecule has 0 radical (unpaired) electrons. The fourth-order valence-electron chi connectivity index (χ4n) is 1.50. The molecule has 2 rings (SSSR count). The van der Waals surface area contributed by atoms with Crippen LogP contribution in [-0.4, -0.2) is 14.2 Å². The van der Waals surface area contributed by atoms with Crippen molar-refractivity contribution in [1.29, 1.82) is 0 Å². The maximum atomic E-state index is 6.01. The average Bonchev–Trinajstić information content (AvgIpc) is 2.55. The van der Waals surface area contributed by atoms with Crippen LogP contribution in [0.1, 0.15) is 0 Å². The molecule has 0 N–H and O–H groups in total. The summed E-state index contributed by atoms with van der Waals surface area (Å²) in [6.07, 6.45) is 0. The SMILES string of the molecule is COP(=S)(OC)Oc1ccc(N=Nc2ccccc2Cl)cc1. The summed E-state index contributed by atoms with van der Waals surface area (Å²) >= 11 is 11.1. The van der Waals surface area contributed by atoms with Gasteiger partial charge in [0.1, 0.15) is 11.4 Å². The highest BCUT2D eigenvalue weighted by atomic mass is 35.5. The highest BCUT2D eigenvalue weighted by Gasteiger charge is 2.18. The molecule has 0 aliphatic carbocycles. The first kappa shape index (κ1) is 17.1. The van der Waals surface area contributed by atoms with Crippen molar-refractivity contribution in [2.75, 3.05) is 14.2 Å². The lowest BCUT2D eigenvalue weighted by Gasteiger charge is -2.17. The summed E-state index contributed by atoms with van der Waals surface area (Å²) in [5, 5.41) is 8.77. The van der Waals surface area contributed by atoms with Crippen LogP contribution >= 0.6 is 18.3 Å². The molecule has 8 heteroatoms. The van der Waals surface area contributed by atoms with Gasteiger partial charge in [-0.15, -0.1) is 5.11 Å². The maximum Gasteiger partial charge on any atom is 0.380 e. The van der Waals surface area contributed by atoms with E-state index in [1.165, 1.54) is 14.2 Å². The number of benzene rings is 2. The Morgan fingerprint density at radius 1 is 0.955 bits per heavy atom. The predicted molar refractivity (Wildman–Crippen MR) is 91.0 cm³/mol. The molecule has 2 aromatic rings. The average molecular weight is 357 g/mol. The molecule has 22 heavy (non-hydrogen) atoms. The topological polar surface area (TPSA) is 52.4 Å². The molecule has 0 unspecified atom stereocenters. The second-order valence-corrected chi connectivity index (χ2v) is 7.61. The van der Waals surface area contributed by atoms with Crippen molar-refractivity contribution in [2.45, 2.75) is 0 Å². The Labute approximate surface area is 139 Å². The molecular weight excluding hydrogens is 343 g/mol. The van der Waals surface area contributed by atoms with Gasteiger partial charge in [0.25, 0.3) is 0 Å². The monoisotopic (exact) mass is 356 g/mol. The number of rotatable bonds is 6. The van der Waals surface area contributed by atoms with Gasteiger partial charge < -0.3 is 13.6 Å². The van der Waals surface area contributed by atoms with Crippen molar-refractivity contribution in [3.63, 3.8) is 0 Å². The predicted octanol–water partition coefficient (Wildman–Crippen LogP) is 5.65. The third-order valence-electron chi connectivity index (χ3n) is 2.63. The minimum Gasteiger partial charge on any atom is -0.424 e. The normalized spacial score (nSPS) is 11.8. The number of halogens is 1. The summed E-state index contributed by atoms with van der Waals surface area (Å²) in [6.45, 7) is -2.73. The van der Waals surface area contributed by atoms with Gasteiger partial charge in [0, 0.05) is 26.0 Å². The summed E-state index contributed by atoms with van der Waals surface area (Å²) in [5.41, 5.74) is 1.27. The molecule has 2 aromatic carbocycles. The quantitative estimate of drug-likeness (QED) is 0.495. The smallest absolute Gasteiger partial charge is 0.380 e. The molecule has 116 valence electrons. The minimum atomic E-state index is -2.73. The molecule has 5 nitrogen and oxygen atoms in total. The fourth-order valence-corrected chi connectivity index (χ4v) is 2.61. The van der Waals surface area contributed by atoms with Gasteiger partial charge in [-0.25, -0.2) is 0 Å². The number of azo groups is 1. The van der Waals surface area contributed by atoms with Gasteiger partial charge in [0.15, 0.2) is 0 Å². The lowest BCUT2D eigenvalue weighted by Crippen LogP contribution is -1.96. The molecule has 0 heterocycles. The van der Waals surface area contributed by atoms with Crippen molar-refractivity contribution >= 4 is 41.5 Å². The summed E-state index contributed by atoms with van der Waals surface area (Å²) in [7, 11) is 2.91. The lowest BCUT2D eigenvalue weighted by atomic mass is 10.3. The Hall–Kier alpha value is -1.30. The second-order valence-electron chi connectivity index (χ2n) is 4.05. The van der Waals surface area contributed by atoms with E-state index >= 15 is 0 Å². The van der Waals surface area contributed by atoms with Gasteiger partial charge in [0.05, 0.1) is 10.7 Å². The molecule has 0 amide bonds. The van der Waals surface area contributed by atoms with E-state index in [1.807, 2.05) is 12.1 Å². The minimum absolute atomic E-state index is 0.545. The molecule has 0 bridgehead atoms. The molecule has 0 aliphatic heterocycles. The van der Waals surface area contributed by atoms with Crippen LogP contribution in [0.15, 0.2) is 58.8 Å². The molecule has 0 spiro atoms. The van der Waals surface area contributed by atoms with E-state index in [-0.39, 0.29) is 0 Å². The van der Waals surface area contributed by atoms with Crippen LogP contribution in [0, 0.1) is 0 Å². The van der Waals surface area contributed by atoms with E-state index in [9.17, 15) is 0 Å². The Morgan fingerprint density at radius 3 is 2.18 bits per heavy atom. The summed E-state index contributed by atoms with van der Waals surface area (Å²) in [6, 6.07) is 14.2. The van der Waals surface area contributed by atoms with Gasteiger partial charge in [0.2, 0.25) is 0 Å². The first-order valence-corrected chi connectivity index (χ1v) is 9.17. The van der Waals surface area contributed by atoms with Gasteiger partial charge >= 0.3 is 6.72 Å². The van der Waals surface area contributed by atoms with Gasteiger partial charge in [-0.3, -0.25) is 0 Å². The zero-order chi connectivity index (χ0) is 16.0. The number of nitrogens with zero attached hydrogens (tertiary/aromatic N) is 2. The summed E-state index contributed by atoms with van der Waals surface area (Å²) < 4.78 is 15.7. The largest absolute Gasteiger partial charge is 0.424 e. The maximum absolute atomic E-state index is 6.01. The Bertz CT molecular complexity index is 701. The fraction of sp³-hybridized carbons (Fsp3) is 0.143. The third-order valence-corrected chi connectivity index (χ3v) is 5.39. The Balaban J connectivity index is 2.09. The van der Waals surface area contributed by atoms with Crippen LogP contribution < -0.4 is 4.52 Å². The van der Waals surface area contributed by atoms with Crippen molar-refractivity contribution in [2.24, 2.45) is 10.2 Å². The van der Waals surface area contributed by atoms with Gasteiger partial charge in [-0.1, -0.05) is 23.7 Å². The van der Waals surface area contributed by atoms with Crippen LogP contribution in [0.5, 0.6) is 5.75 Å². The van der Waals surface area contributed by atoms with Crippen LogP contribution in [0.3, 0.4) is 0 Å². The molecule has 0 atom stereocenters. The second kappa shape index (κ2) is 7.81. The lowest BCUT2D eigenvalue weighted by molar-refractivity contribution is 0.273. The molecule has 0 aromatic heterocycles. The van der Waals surface area contributed by atoms with E-state index in [2.05, 4.69) is 10.2 Å². The van der Waals surface area contributed by atoms with Gasteiger partial charge in [-0.05, 0) is 36.4 Å². The van der Waals surface area contributed by atoms with Crippen molar-refractivity contribution in [3.05, 3.63) is 53.6 Å². The molecule has 0 fully saturated rings. The van der Waals surface area contributed by atoms with Crippen LogP contribution in [-0.2, 0) is 20.9 Å². The zero-order valence-electron chi connectivity index (χ0n) is 12.0. The zero-order valence-corrected chi connectivity index (χ0v) is 14.4. The summed E-state index contributed by atoms with van der Waals surface area (Å²) in [5.74, 6) is 0.545. The van der Waals surface area contributed by atoms with Gasteiger partial charge in [-0.2, -0.15) is 5.11 Å². The standard InChI is InChI=1S/C14H14ClN2O3PS/c1-18-21(22,19-2)20-12-9-7-11(8-10-12)16-17-14-6-4-3-5-13(14)15/h3-10H,1-2H3. The van der Waals surface area contributed by atoms with E-state index in [0.29, 0.717) is 22.1 Å². The molecule has 0 aliphatic rings. The Kier molecular flexibility index (Phi) is 6.06. The first-order valence-electron chi connectivity index (χ1n) is 6.24. The van der Waals surface area contributed by atoms with E-state index < -0.39 is 6.72 Å². The highest BCUT2D eigenvalue weighted by Crippen LogP contribution is 2.48. The first-order chi connectivity index (χ1) is 10.6. The highest BCUT2D eigenvalue weighted by molar-refractivity contribution is 8.07. The van der Waals surface area contributed by atoms with E-state index in [1.54, 1.807) is 36.4 Å². The molecular formula is C14H14ClN2O3PS. The van der Waals surface area contributed by atoms with Crippen LogP contribution in [0.4, 0.5) is 11.4 Å². The number of hydrogen-bond acceptors (Lipinski definition) is 6. The van der Waals surface area contributed by atoms with Crippen LogP contribution in [0.25, 0.3) is 0 Å².